The molecule has 7 heteroatoms. The lowest BCUT2D eigenvalue weighted by Gasteiger charge is -2.39. The van der Waals surface area contributed by atoms with Crippen LogP contribution in [0.15, 0.2) is 35.3 Å². The number of nitrogens with zero attached hydrogens (tertiary/aromatic N) is 3. The SMILES string of the molecule is CCNC(=NCC(C)(C)N1CCOCC1)NCCC(=O)N(C)Cc1ccccc1. The molecule has 2 N–H and O–H groups in total. The standard InChI is InChI=1S/C22H37N5O2/c1-5-23-21(25-18-22(2,3)27-13-15-29-16-14-27)24-12-11-20(28)26(4)17-19-9-7-6-8-10-19/h6-10H,5,11-18H2,1-4H3,(H2,23,24,25). The smallest absolute Gasteiger partial charge is 0.224 e. The molecule has 1 fully saturated rings. The van der Waals surface area contributed by atoms with Crippen LogP contribution in [-0.4, -0.2) is 80.2 Å². The lowest BCUT2D eigenvalue weighted by Crippen LogP contribution is -2.52. The van der Waals surface area contributed by atoms with Gasteiger partial charge in [-0.05, 0) is 26.3 Å². The van der Waals surface area contributed by atoms with E-state index in [0.29, 0.717) is 26.1 Å². The van der Waals surface area contributed by atoms with Crippen LogP contribution in [0, 0.1) is 0 Å². The minimum Gasteiger partial charge on any atom is -0.379 e. The Morgan fingerprint density at radius 1 is 1.21 bits per heavy atom. The first kappa shape index (κ1) is 23.2. The molecule has 1 aromatic rings. The molecule has 0 aromatic heterocycles. The highest BCUT2D eigenvalue weighted by Gasteiger charge is 2.28. The summed E-state index contributed by atoms with van der Waals surface area (Å²) in [7, 11) is 1.85. The van der Waals surface area contributed by atoms with E-state index in [1.807, 2.05) is 44.3 Å². The van der Waals surface area contributed by atoms with Crippen molar-refractivity contribution in [2.75, 3.05) is 53.0 Å². The van der Waals surface area contributed by atoms with Crippen molar-refractivity contribution in [3.8, 4) is 0 Å². The lowest BCUT2D eigenvalue weighted by atomic mass is 10.0. The molecule has 0 spiro atoms. The number of guanidine groups is 1. The number of hydrogen-bond donors (Lipinski definition) is 2. The zero-order valence-electron chi connectivity index (χ0n) is 18.4. The molecule has 1 aliphatic heterocycles. The van der Waals surface area contributed by atoms with Crippen LogP contribution in [0.1, 0.15) is 32.8 Å². The molecule has 1 aromatic carbocycles. The van der Waals surface area contributed by atoms with Crippen LogP contribution in [0.2, 0.25) is 0 Å². The second kappa shape index (κ2) is 11.8. The summed E-state index contributed by atoms with van der Waals surface area (Å²) in [6, 6.07) is 10.0. The number of carbonyl (C=O) groups is 1. The molecular weight excluding hydrogens is 366 g/mol. The lowest BCUT2D eigenvalue weighted by molar-refractivity contribution is -0.130. The third-order valence-electron chi connectivity index (χ3n) is 5.16. The second-order valence-corrected chi connectivity index (χ2v) is 8.02. The molecule has 2 rings (SSSR count). The molecule has 0 radical (unpaired) electrons. The van der Waals surface area contributed by atoms with Crippen LogP contribution < -0.4 is 10.6 Å². The third-order valence-corrected chi connectivity index (χ3v) is 5.16. The van der Waals surface area contributed by atoms with Gasteiger partial charge in [0.15, 0.2) is 5.96 Å². The molecule has 0 aliphatic carbocycles. The fourth-order valence-electron chi connectivity index (χ4n) is 3.31. The Bertz CT molecular complexity index is 642. The summed E-state index contributed by atoms with van der Waals surface area (Å²) in [5.41, 5.74) is 1.11. The first-order chi connectivity index (χ1) is 13.9. The topological polar surface area (TPSA) is 69.2 Å². The van der Waals surface area contributed by atoms with Crippen LogP contribution in [0.4, 0.5) is 0 Å². The zero-order valence-corrected chi connectivity index (χ0v) is 18.4. The van der Waals surface area contributed by atoms with E-state index in [0.717, 1.165) is 44.4 Å². The number of rotatable bonds is 9. The largest absolute Gasteiger partial charge is 0.379 e. The predicted octanol–water partition coefficient (Wildman–Crippen LogP) is 1.70. The third kappa shape index (κ3) is 8.03. The number of ether oxygens (including phenoxy) is 1. The molecule has 0 saturated carbocycles. The second-order valence-electron chi connectivity index (χ2n) is 8.02. The van der Waals surface area contributed by atoms with Crippen LogP contribution in [-0.2, 0) is 16.1 Å². The molecular formula is C22H37N5O2. The summed E-state index contributed by atoms with van der Waals surface area (Å²) >= 11 is 0. The molecule has 0 unspecified atom stereocenters. The van der Waals surface area contributed by atoms with Crippen molar-refractivity contribution < 1.29 is 9.53 Å². The van der Waals surface area contributed by atoms with E-state index in [-0.39, 0.29) is 11.4 Å². The van der Waals surface area contributed by atoms with Crippen LogP contribution >= 0.6 is 0 Å². The number of morpholine rings is 1. The molecule has 1 heterocycles. The highest BCUT2D eigenvalue weighted by Crippen LogP contribution is 2.16. The summed E-state index contributed by atoms with van der Waals surface area (Å²) in [5.74, 6) is 0.873. The maximum atomic E-state index is 12.4. The number of aliphatic imine (C=N–C) groups is 1. The normalized spacial score (nSPS) is 15.8. The van der Waals surface area contributed by atoms with Crippen molar-refractivity contribution in [1.82, 2.24) is 20.4 Å². The van der Waals surface area contributed by atoms with Crippen molar-refractivity contribution in [1.29, 1.82) is 0 Å². The fraction of sp³-hybridized carbons (Fsp3) is 0.636. The number of amides is 1. The Hall–Kier alpha value is -2.12. The summed E-state index contributed by atoms with van der Waals surface area (Å²) in [5, 5.41) is 6.57. The van der Waals surface area contributed by atoms with Crippen molar-refractivity contribution in [3.05, 3.63) is 35.9 Å². The molecule has 162 valence electrons. The van der Waals surface area contributed by atoms with Gasteiger partial charge in [0.2, 0.25) is 5.91 Å². The van der Waals surface area contributed by atoms with Crippen molar-refractivity contribution in [2.45, 2.75) is 39.3 Å². The molecule has 29 heavy (non-hydrogen) atoms. The van der Waals surface area contributed by atoms with Crippen LogP contribution in [0.5, 0.6) is 0 Å². The van der Waals surface area contributed by atoms with Crippen molar-refractivity contribution >= 4 is 11.9 Å². The fourth-order valence-corrected chi connectivity index (χ4v) is 3.31. The number of benzene rings is 1. The van der Waals surface area contributed by atoms with Crippen molar-refractivity contribution in [3.63, 3.8) is 0 Å². The van der Waals surface area contributed by atoms with Gasteiger partial charge in [-0.3, -0.25) is 14.7 Å². The van der Waals surface area contributed by atoms with E-state index < -0.39 is 0 Å². The summed E-state index contributed by atoms with van der Waals surface area (Å²) < 4.78 is 5.45. The van der Waals surface area contributed by atoms with Gasteiger partial charge in [-0.1, -0.05) is 30.3 Å². The molecule has 0 atom stereocenters. The highest BCUT2D eigenvalue weighted by atomic mass is 16.5. The summed E-state index contributed by atoms with van der Waals surface area (Å²) in [6.45, 7) is 12.6. The molecule has 7 nitrogen and oxygen atoms in total. The Morgan fingerprint density at radius 3 is 2.55 bits per heavy atom. The minimum atomic E-state index is -0.0299. The molecule has 1 aliphatic rings. The molecule has 1 saturated heterocycles. The number of nitrogens with one attached hydrogen (secondary N) is 2. The van der Waals surface area contributed by atoms with E-state index in [2.05, 4.69) is 29.4 Å². The van der Waals surface area contributed by atoms with Gasteiger partial charge in [0.1, 0.15) is 0 Å². The van der Waals surface area contributed by atoms with Gasteiger partial charge < -0.3 is 20.3 Å². The monoisotopic (exact) mass is 403 g/mol. The Morgan fingerprint density at radius 2 is 1.90 bits per heavy atom. The Labute approximate surface area is 175 Å². The quantitative estimate of drug-likeness (QED) is 0.485. The van der Waals surface area contributed by atoms with E-state index >= 15 is 0 Å². The van der Waals surface area contributed by atoms with Gasteiger partial charge in [0.05, 0.1) is 19.8 Å². The zero-order chi connectivity index (χ0) is 21.1. The minimum absolute atomic E-state index is 0.0299. The van der Waals surface area contributed by atoms with Gasteiger partial charge in [-0.2, -0.15) is 0 Å². The van der Waals surface area contributed by atoms with Crippen molar-refractivity contribution in [2.24, 2.45) is 4.99 Å². The number of hydrogen-bond acceptors (Lipinski definition) is 4. The molecule has 1 amide bonds. The van der Waals surface area contributed by atoms with E-state index in [9.17, 15) is 4.79 Å². The first-order valence-electron chi connectivity index (χ1n) is 10.5. The predicted molar refractivity (Wildman–Crippen MR) is 118 cm³/mol. The van der Waals surface area contributed by atoms with Crippen LogP contribution in [0.3, 0.4) is 0 Å². The summed E-state index contributed by atoms with van der Waals surface area (Å²) in [4.78, 5) is 21.4. The van der Waals surface area contributed by atoms with E-state index in [1.54, 1.807) is 4.90 Å². The molecule has 0 bridgehead atoms. The Kier molecular flexibility index (Phi) is 9.41. The van der Waals surface area contributed by atoms with Gasteiger partial charge >= 0.3 is 0 Å². The van der Waals surface area contributed by atoms with Crippen LogP contribution in [0.25, 0.3) is 0 Å². The average Bonchev–Trinajstić information content (AvgIpc) is 2.73. The van der Waals surface area contributed by atoms with E-state index in [1.165, 1.54) is 0 Å². The maximum absolute atomic E-state index is 12.4. The van der Waals surface area contributed by atoms with Gasteiger partial charge in [-0.25, -0.2) is 0 Å². The van der Waals surface area contributed by atoms with Gasteiger partial charge in [0, 0.05) is 51.7 Å². The Balaban J connectivity index is 1.80. The summed E-state index contributed by atoms with van der Waals surface area (Å²) in [6.07, 6.45) is 0.431. The first-order valence-corrected chi connectivity index (χ1v) is 10.5. The van der Waals surface area contributed by atoms with Gasteiger partial charge in [-0.15, -0.1) is 0 Å². The average molecular weight is 404 g/mol. The van der Waals surface area contributed by atoms with E-state index in [4.69, 9.17) is 9.73 Å². The maximum Gasteiger partial charge on any atom is 0.224 e. The highest BCUT2D eigenvalue weighted by molar-refractivity contribution is 5.81. The number of carbonyl (C=O) groups excluding carboxylic acids is 1. The van der Waals surface area contributed by atoms with Gasteiger partial charge in [0.25, 0.3) is 0 Å².